The van der Waals surface area contributed by atoms with Crippen LogP contribution >= 0.6 is 23.2 Å². The van der Waals surface area contributed by atoms with Crippen molar-refractivity contribution in [1.82, 2.24) is 0 Å². The van der Waals surface area contributed by atoms with Gasteiger partial charge in [-0.05, 0) is 30.2 Å². The third-order valence-corrected chi connectivity index (χ3v) is 2.68. The Kier molecular flexibility index (Phi) is 4.18. The number of hydrogen-bond donors (Lipinski definition) is 1. The highest BCUT2D eigenvalue weighted by molar-refractivity contribution is 6.42. The molecule has 1 N–H and O–H groups in total. The number of carboxylic acid groups (broad SMARTS) is 1. The Morgan fingerprint density at radius 1 is 1.40 bits per heavy atom. The number of aliphatic carboxylic acids is 1. The molecule has 0 heterocycles. The maximum atomic E-state index is 10.8. The van der Waals surface area contributed by atoms with Crippen molar-refractivity contribution < 1.29 is 9.90 Å². The van der Waals surface area contributed by atoms with Gasteiger partial charge in [0.1, 0.15) is 0 Å². The van der Waals surface area contributed by atoms with Crippen LogP contribution in [0.4, 0.5) is 0 Å². The molecule has 0 saturated carbocycles. The molecule has 1 rings (SSSR count). The molecular weight excluding hydrogens is 235 g/mol. The Balaban J connectivity index is 3.07. The lowest BCUT2D eigenvalue weighted by Crippen LogP contribution is -1.98. The molecule has 2 nitrogen and oxygen atoms in total. The molecule has 0 fully saturated rings. The molecule has 1 aromatic carbocycles. The molecule has 0 aliphatic heterocycles. The summed E-state index contributed by atoms with van der Waals surface area (Å²) in [5.41, 5.74) is 1.08. The largest absolute Gasteiger partial charge is 0.478 e. The van der Waals surface area contributed by atoms with E-state index < -0.39 is 5.97 Å². The molecule has 0 unspecified atom stereocenters. The predicted molar refractivity (Wildman–Crippen MR) is 62.4 cm³/mol. The van der Waals surface area contributed by atoms with Gasteiger partial charge in [-0.1, -0.05) is 36.2 Å². The van der Waals surface area contributed by atoms with Crippen LogP contribution in [0.5, 0.6) is 0 Å². The van der Waals surface area contributed by atoms with Gasteiger partial charge >= 0.3 is 5.97 Å². The lowest BCUT2D eigenvalue weighted by Gasteiger charge is -2.00. The Hall–Kier alpha value is -0.990. The van der Waals surface area contributed by atoms with Crippen molar-refractivity contribution in [2.75, 3.05) is 0 Å². The lowest BCUT2D eigenvalue weighted by atomic mass is 10.1. The molecule has 0 spiro atoms. The van der Waals surface area contributed by atoms with E-state index in [2.05, 4.69) is 0 Å². The van der Waals surface area contributed by atoms with Gasteiger partial charge in [0.05, 0.1) is 10.0 Å². The predicted octanol–water partition coefficient (Wildman–Crippen LogP) is 3.87. The fourth-order valence-corrected chi connectivity index (χ4v) is 1.42. The minimum Gasteiger partial charge on any atom is -0.478 e. The second-order valence-electron chi connectivity index (χ2n) is 3.00. The summed E-state index contributed by atoms with van der Waals surface area (Å²) in [7, 11) is 0. The topological polar surface area (TPSA) is 37.3 Å². The van der Waals surface area contributed by atoms with E-state index in [-0.39, 0.29) is 0 Å². The molecule has 15 heavy (non-hydrogen) atoms. The van der Waals surface area contributed by atoms with Gasteiger partial charge in [-0.3, -0.25) is 0 Å². The SMILES string of the molecule is CCC(=Cc1ccc(Cl)c(Cl)c1)C(=O)O. The van der Waals surface area contributed by atoms with Crippen molar-refractivity contribution in [3.05, 3.63) is 39.4 Å². The van der Waals surface area contributed by atoms with Crippen LogP contribution < -0.4 is 0 Å². The summed E-state index contributed by atoms with van der Waals surface area (Å²) < 4.78 is 0. The zero-order chi connectivity index (χ0) is 11.4. The number of carbonyl (C=O) groups is 1. The van der Waals surface area contributed by atoms with Crippen LogP contribution in [-0.2, 0) is 4.79 Å². The average Bonchev–Trinajstić information content (AvgIpc) is 2.19. The quantitative estimate of drug-likeness (QED) is 0.820. The standard InChI is InChI=1S/C11H10Cl2O2/c1-2-8(11(14)15)5-7-3-4-9(12)10(13)6-7/h3-6H,2H2,1H3,(H,14,15). The van der Waals surface area contributed by atoms with Gasteiger partial charge in [-0.2, -0.15) is 0 Å². The van der Waals surface area contributed by atoms with Gasteiger partial charge in [0.25, 0.3) is 0 Å². The number of rotatable bonds is 3. The van der Waals surface area contributed by atoms with Gasteiger partial charge in [-0.25, -0.2) is 4.79 Å². The van der Waals surface area contributed by atoms with Crippen LogP contribution in [0.3, 0.4) is 0 Å². The second kappa shape index (κ2) is 5.19. The van der Waals surface area contributed by atoms with E-state index in [1.165, 1.54) is 0 Å². The van der Waals surface area contributed by atoms with Crippen molar-refractivity contribution in [1.29, 1.82) is 0 Å². The first-order valence-electron chi connectivity index (χ1n) is 4.43. The van der Waals surface area contributed by atoms with Crippen LogP contribution in [0.2, 0.25) is 10.0 Å². The fourth-order valence-electron chi connectivity index (χ4n) is 1.12. The molecule has 0 atom stereocenters. The highest BCUT2D eigenvalue weighted by atomic mass is 35.5. The van der Waals surface area contributed by atoms with Crippen molar-refractivity contribution in [3.63, 3.8) is 0 Å². The van der Waals surface area contributed by atoms with E-state index in [9.17, 15) is 4.79 Å². The zero-order valence-corrected chi connectivity index (χ0v) is 9.64. The van der Waals surface area contributed by atoms with Crippen LogP contribution in [-0.4, -0.2) is 11.1 Å². The van der Waals surface area contributed by atoms with E-state index in [0.29, 0.717) is 22.0 Å². The summed E-state index contributed by atoms with van der Waals surface area (Å²) >= 11 is 11.6. The van der Waals surface area contributed by atoms with E-state index in [0.717, 1.165) is 5.56 Å². The Morgan fingerprint density at radius 2 is 2.07 bits per heavy atom. The number of halogens is 2. The summed E-state index contributed by atoms with van der Waals surface area (Å²) in [5, 5.41) is 9.71. The van der Waals surface area contributed by atoms with Crippen molar-refractivity contribution in [2.45, 2.75) is 13.3 Å². The third-order valence-electron chi connectivity index (χ3n) is 1.94. The van der Waals surface area contributed by atoms with E-state index in [1.807, 2.05) is 0 Å². The Labute approximate surface area is 98.1 Å². The van der Waals surface area contributed by atoms with Gasteiger partial charge in [-0.15, -0.1) is 0 Å². The van der Waals surface area contributed by atoms with E-state index >= 15 is 0 Å². The fraction of sp³-hybridized carbons (Fsp3) is 0.182. The van der Waals surface area contributed by atoms with Crippen LogP contribution in [0.1, 0.15) is 18.9 Å². The minimum absolute atomic E-state index is 0.341. The number of carboxylic acids is 1. The highest BCUT2D eigenvalue weighted by Gasteiger charge is 2.05. The average molecular weight is 245 g/mol. The second-order valence-corrected chi connectivity index (χ2v) is 3.82. The maximum absolute atomic E-state index is 10.8. The molecule has 80 valence electrons. The summed E-state index contributed by atoms with van der Waals surface area (Å²) in [5.74, 6) is -0.913. The summed E-state index contributed by atoms with van der Waals surface area (Å²) in [4.78, 5) is 10.8. The van der Waals surface area contributed by atoms with Crippen molar-refractivity contribution in [3.8, 4) is 0 Å². The molecule has 0 saturated heterocycles. The van der Waals surface area contributed by atoms with Crippen LogP contribution in [0, 0.1) is 0 Å². The molecule has 0 aliphatic rings. The molecule has 0 bridgehead atoms. The molecule has 4 heteroatoms. The molecule has 0 aromatic heterocycles. The number of hydrogen-bond acceptors (Lipinski definition) is 1. The molecule has 0 amide bonds. The monoisotopic (exact) mass is 244 g/mol. The van der Waals surface area contributed by atoms with Gasteiger partial charge in [0.2, 0.25) is 0 Å². The summed E-state index contributed by atoms with van der Waals surface area (Å²) in [6.07, 6.45) is 2.06. The Morgan fingerprint density at radius 3 is 2.53 bits per heavy atom. The van der Waals surface area contributed by atoms with Gasteiger partial charge in [0, 0.05) is 5.57 Å². The van der Waals surface area contributed by atoms with Crippen LogP contribution in [0.25, 0.3) is 6.08 Å². The van der Waals surface area contributed by atoms with Crippen LogP contribution in [0.15, 0.2) is 23.8 Å². The highest BCUT2D eigenvalue weighted by Crippen LogP contribution is 2.24. The first-order valence-corrected chi connectivity index (χ1v) is 5.19. The lowest BCUT2D eigenvalue weighted by molar-refractivity contribution is -0.132. The molecule has 0 aliphatic carbocycles. The molecular formula is C11H10Cl2O2. The number of benzene rings is 1. The van der Waals surface area contributed by atoms with Crippen molar-refractivity contribution >= 4 is 35.2 Å². The molecule has 1 aromatic rings. The van der Waals surface area contributed by atoms with E-state index in [4.69, 9.17) is 28.3 Å². The van der Waals surface area contributed by atoms with Crippen molar-refractivity contribution in [2.24, 2.45) is 0 Å². The van der Waals surface area contributed by atoms with Gasteiger partial charge in [0.15, 0.2) is 0 Å². The smallest absolute Gasteiger partial charge is 0.331 e. The zero-order valence-electron chi connectivity index (χ0n) is 8.13. The maximum Gasteiger partial charge on any atom is 0.331 e. The molecule has 0 radical (unpaired) electrons. The summed E-state index contributed by atoms with van der Waals surface area (Å²) in [6, 6.07) is 5.01. The Bertz CT molecular complexity index is 411. The normalized spacial score (nSPS) is 11.5. The third kappa shape index (κ3) is 3.26. The van der Waals surface area contributed by atoms with E-state index in [1.54, 1.807) is 31.2 Å². The first-order chi connectivity index (χ1) is 7.04. The first kappa shape index (κ1) is 12.1. The van der Waals surface area contributed by atoms with Gasteiger partial charge < -0.3 is 5.11 Å². The summed E-state index contributed by atoms with van der Waals surface area (Å²) in [6.45, 7) is 1.79. The minimum atomic E-state index is -0.913.